The third-order valence-corrected chi connectivity index (χ3v) is 8.09. The number of carbonyl (C=O) groups excluding carboxylic acids is 1. The Morgan fingerprint density at radius 2 is 1.73 bits per heavy atom. The number of likely N-dealkylation sites (N-methyl/N-ethyl adjacent to an activating group) is 1. The number of ether oxygens (including phenoxy) is 1. The summed E-state index contributed by atoms with van der Waals surface area (Å²) in [5.41, 5.74) is 2.76. The van der Waals surface area contributed by atoms with Crippen molar-refractivity contribution in [3.05, 3.63) is 48.0 Å². The first-order chi connectivity index (χ1) is 17.3. The fraction of sp³-hybridized carbons (Fsp3) is 0.407. The lowest BCUT2D eigenvalue weighted by Crippen LogP contribution is -2.32. The number of carboxylic acid groups (broad SMARTS) is 1. The molecule has 3 aromatic rings. The Bertz CT molecular complexity index is 1460. The van der Waals surface area contributed by atoms with Gasteiger partial charge in [-0.2, -0.15) is 4.31 Å². The second-order valence-electron chi connectivity index (χ2n) is 10.4. The molecule has 37 heavy (non-hydrogen) atoms. The molecule has 0 amide bonds. The molecule has 4 rings (SSSR count). The smallest absolute Gasteiger partial charge is 0.419 e. The van der Waals surface area contributed by atoms with Gasteiger partial charge in [0.1, 0.15) is 12.1 Å². The van der Waals surface area contributed by atoms with E-state index >= 15 is 0 Å². The van der Waals surface area contributed by atoms with Gasteiger partial charge in [-0.25, -0.2) is 17.8 Å². The van der Waals surface area contributed by atoms with Crippen LogP contribution in [-0.2, 0) is 19.6 Å². The Morgan fingerprint density at radius 3 is 2.35 bits per heavy atom. The van der Waals surface area contributed by atoms with Gasteiger partial charge in [-0.15, -0.1) is 0 Å². The minimum atomic E-state index is -4.09. The largest absolute Gasteiger partial charge is 0.480 e. The molecule has 0 saturated carbocycles. The number of benzene rings is 2. The van der Waals surface area contributed by atoms with Crippen molar-refractivity contribution in [1.82, 2.24) is 8.87 Å². The molecule has 0 unspecified atom stereocenters. The molecule has 198 valence electrons. The van der Waals surface area contributed by atoms with Gasteiger partial charge in [0.05, 0.1) is 16.1 Å². The van der Waals surface area contributed by atoms with Crippen LogP contribution in [0.2, 0.25) is 0 Å². The number of sulfonamides is 1. The second-order valence-corrected chi connectivity index (χ2v) is 12.5. The molecular weight excluding hydrogens is 494 g/mol. The molecule has 1 aliphatic rings. The summed E-state index contributed by atoms with van der Waals surface area (Å²) in [5, 5.41) is 9.96. The highest BCUT2D eigenvalue weighted by Crippen LogP contribution is 2.39. The summed E-state index contributed by atoms with van der Waals surface area (Å²) in [6.45, 7) is 8.28. The van der Waals surface area contributed by atoms with Crippen LogP contribution in [0.15, 0.2) is 47.4 Å². The third kappa shape index (κ3) is 5.50. The van der Waals surface area contributed by atoms with Gasteiger partial charge in [0.25, 0.3) is 0 Å². The molecule has 9 nitrogen and oxygen atoms in total. The van der Waals surface area contributed by atoms with Crippen molar-refractivity contribution in [3.8, 4) is 11.3 Å². The van der Waals surface area contributed by atoms with E-state index in [2.05, 4.69) is 4.90 Å². The average molecular weight is 528 g/mol. The molecule has 1 fully saturated rings. The lowest BCUT2D eigenvalue weighted by Gasteiger charge is -2.25. The molecule has 1 aromatic heterocycles. The quantitative estimate of drug-likeness (QED) is 0.495. The summed E-state index contributed by atoms with van der Waals surface area (Å²) < 4.78 is 34.6. The Labute approximate surface area is 217 Å². The van der Waals surface area contributed by atoms with Crippen molar-refractivity contribution in [2.45, 2.75) is 51.0 Å². The van der Waals surface area contributed by atoms with Crippen LogP contribution in [0.5, 0.6) is 0 Å². The number of hydrogen-bond acceptors (Lipinski definition) is 6. The van der Waals surface area contributed by atoms with Crippen molar-refractivity contribution >= 4 is 38.7 Å². The number of anilines is 1. The molecule has 1 saturated heterocycles. The van der Waals surface area contributed by atoms with E-state index in [0.29, 0.717) is 16.8 Å². The van der Waals surface area contributed by atoms with E-state index in [9.17, 15) is 18.0 Å². The van der Waals surface area contributed by atoms with Gasteiger partial charge < -0.3 is 14.7 Å². The Balaban J connectivity index is 1.98. The van der Waals surface area contributed by atoms with Crippen LogP contribution in [-0.4, -0.2) is 66.7 Å². The van der Waals surface area contributed by atoms with Crippen molar-refractivity contribution in [2.24, 2.45) is 0 Å². The Morgan fingerprint density at radius 1 is 1.05 bits per heavy atom. The average Bonchev–Trinajstić information content (AvgIpc) is 3.45. The summed E-state index contributed by atoms with van der Waals surface area (Å²) in [7, 11) is -2.86. The first kappa shape index (κ1) is 26.7. The number of aromatic nitrogens is 1. The van der Waals surface area contributed by atoms with Crippen LogP contribution in [0.3, 0.4) is 0 Å². The zero-order valence-corrected chi connectivity index (χ0v) is 22.6. The number of nitrogens with zero attached hydrogens (tertiary/aromatic N) is 3. The van der Waals surface area contributed by atoms with Gasteiger partial charge in [0.2, 0.25) is 10.0 Å². The summed E-state index contributed by atoms with van der Waals surface area (Å²) >= 11 is 0. The molecule has 0 radical (unpaired) electrons. The van der Waals surface area contributed by atoms with Gasteiger partial charge in [-0.3, -0.25) is 4.79 Å². The second kappa shape index (κ2) is 9.83. The fourth-order valence-corrected chi connectivity index (χ4v) is 5.73. The van der Waals surface area contributed by atoms with Gasteiger partial charge in [-0.05, 0) is 76.4 Å². The standard InChI is InChI=1S/C27H33N3O6S/c1-18-8-9-19-15-24(30(23(19)14-18)26(33)36-27(2,3)4)21-16-20(37(34,35)28(5)17-25(31)32)10-11-22(21)29-12-6-7-13-29/h8-11,14-16H,6-7,12-13,17H2,1-5H3,(H,31,32). The maximum atomic E-state index is 13.5. The highest BCUT2D eigenvalue weighted by Gasteiger charge is 2.29. The summed E-state index contributed by atoms with van der Waals surface area (Å²) in [5.74, 6) is -1.25. The number of fused-ring (bicyclic) bond motifs is 1. The zero-order valence-electron chi connectivity index (χ0n) is 21.8. The van der Waals surface area contributed by atoms with Gasteiger partial charge >= 0.3 is 12.1 Å². The normalized spacial score (nSPS) is 14.5. The third-order valence-electron chi connectivity index (χ3n) is 6.29. The number of aryl methyl sites for hydroxylation is 1. The van der Waals surface area contributed by atoms with Crippen molar-refractivity contribution < 1.29 is 27.9 Å². The fourth-order valence-electron chi connectivity index (χ4n) is 4.58. The SMILES string of the molecule is Cc1ccc2cc(-c3cc(S(=O)(=O)N(C)CC(=O)O)ccc3N3CCCC3)n(C(=O)OC(C)(C)C)c2c1. The molecule has 2 heterocycles. The van der Waals surface area contributed by atoms with Crippen LogP contribution in [0.1, 0.15) is 39.2 Å². The number of hydrogen-bond donors (Lipinski definition) is 1. The van der Waals surface area contributed by atoms with E-state index < -0.39 is 34.2 Å². The highest BCUT2D eigenvalue weighted by atomic mass is 32.2. The summed E-state index contributed by atoms with van der Waals surface area (Å²) in [6.07, 6.45) is 1.45. The van der Waals surface area contributed by atoms with E-state index in [0.717, 1.165) is 46.9 Å². The number of aliphatic carboxylic acids is 1. The van der Waals surface area contributed by atoms with E-state index in [-0.39, 0.29) is 4.90 Å². The van der Waals surface area contributed by atoms with E-state index in [1.165, 1.54) is 23.7 Å². The highest BCUT2D eigenvalue weighted by molar-refractivity contribution is 7.89. The summed E-state index contributed by atoms with van der Waals surface area (Å²) in [6, 6.07) is 12.4. The Kier molecular flexibility index (Phi) is 7.09. The monoisotopic (exact) mass is 527 g/mol. The minimum Gasteiger partial charge on any atom is -0.480 e. The van der Waals surface area contributed by atoms with Gasteiger partial charge in [0.15, 0.2) is 0 Å². The van der Waals surface area contributed by atoms with Crippen LogP contribution < -0.4 is 4.90 Å². The van der Waals surface area contributed by atoms with Crippen molar-refractivity contribution in [3.63, 3.8) is 0 Å². The van der Waals surface area contributed by atoms with E-state index in [1.54, 1.807) is 26.8 Å². The Hall–Kier alpha value is -3.37. The lowest BCUT2D eigenvalue weighted by molar-refractivity contribution is -0.137. The molecule has 1 N–H and O–H groups in total. The maximum Gasteiger partial charge on any atom is 0.419 e. The first-order valence-electron chi connectivity index (χ1n) is 12.2. The number of rotatable bonds is 6. The maximum absolute atomic E-state index is 13.5. The van der Waals surface area contributed by atoms with Crippen LogP contribution >= 0.6 is 0 Å². The predicted octanol–water partition coefficient (Wildman–Crippen LogP) is 4.71. The van der Waals surface area contributed by atoms with Crippen molar-refractivity contribution in [1.29, 1.82) is 0 Å². The zero-order chi connectivity index (χ0) is 27.1. The molecule has 10 heteroatoms. The molecule has 0 spiro atoms. The van der Waals surface area contributed by atoms with E-state index in [1.807, 2.05) is 31.2 Å². The van der Waals surface area contributed by atoms with Crippen molar-refractivity contribution in [2.75, 3.05) is 31.6 Å². The predicted molar refractivity (Wildman–Crippen MR) is 143 cm³/mol. The van der Waals surface area contributed by atoms with Crippen LogP contribution in [0, 0.1) is 6.92 Å². The topological polar surface area (TPSA) is 109 Å². The van der Waals surface area contributed by atoms with Gasteiger partial charge in [-0.1, -0.05) is 12.1 Å². The minimum absolute atomic E-state index is 0.0497. The number of carboxylic acids is 1. The first-order valence-corrected chi connectivity index (χ1v) is 13.6. The molecule has 1 aliphatic heterocycles. The van der Waals surface area contributed by atoms with Crippen LogP contribution in [0.4, 0.5) is 10.5 Å². The van der Waals surface area contributed by atoms with Gasteiger partial charge in [0, 0.05) is 36.8 Å². The molecule has 0 aliphatic carbocycles. The van der Waals surface area contributed by atoms with Crippen LogP contribution in [0.25, 0.3) is 22.2 Å². The molecule has 2 aromatic carbocycles. The van der Waals surface area contributed by atoms with E-state index in [4.69, 9.17) is 9.84 Å². The number of carbonyl (C=O) groups is 2. The lowest BCUT2D eigenvalue weighted by atomic mass is 10.1. The molecular formula is C27H33N3O6S. The molecule has 0 atom stereocenters. The molecule has 0 bridgehead atoms. The summed E-state index contributed by atoms with van der Waals surface area (Å²) in [4.78, 5) is 26.8.